The molecule has 10 nitrogen and oxygen atoms in total. The van der Waals surface area contributed by atoms with Crippen LogP contribution in [0.2, 0.25) is 0 Å². The fourth-order valence-corrected chi connectivity index (χ4v) is 4.10. The number of aromatic nitrogens is 2. The smallest absolute Gasteiger partial charge is 0.416 e. The summed E-state index contributed by atoms with van der Waals surface area (Å²) in [4.78, 5) is 31.0. The Morgan fingerprint density at radius 1 is 1.30 bits per heavy atom. The van der Waals surface area contributed by atoms with Gasteiger partial charge in [-0.1, -0.05) is 29.5 Å². The molecule has 2 amide bonds. The Morgan fingerprint density at radius 2 is 2.07 bits per heavy atom. The van der Waals surface area contributed by atoms with Crippen LogP contribution in [0.4, 0.5) is 25.1 Å². The first-order valence-electron chi connectivity index (χ1n) is 9.43. The van der Waals surface area contributed by atoms with Crippen LogP contribution >= 0.6 is 11.3 Å². The van der Waals surface area contributed by atoms with Gasteiger partial charge >= 0.3 is 6.09 Å². The van der Waals surface area contributed by atoms with Crippen LogP contribution in [0.15, 0.2) is 30.3 Å². The Kier molecular flexibility index (Phi) is 5.68. The molecular formula is C18H22FN7O3S. The number of alkyl halides is 1. The van der Waals surface area contributed by atoms with Crippen molar-refractivity contribution in [3.63, 3.8) is 0 Å². The maximum Gasteiger partial charge on any atom is 0.416 e. The molecule has 1 aromatic heterocycles. The molecule has 4 rings (SSSR count). The second-order valence-corrected chi connectivity index (χ2v) is 8.06. The molecule has 2 fully saturated rings. The first-order chi connectivity index (χ1) is 14.4. The molecule has 2 N–H and O–H groups in total. The zero-order chi connectivity index (χ0) is 21.3. The number of nitrogen functional groups attached to an aromatic ring is 1. The van der Waals surface area contributed by atoms with Crippen LogP contribution in [0.3, 0.4) is 0 Å². The number of rotatable bonds is 5. The van der Waals surface area contributed by atoms with Crippen LogP contribution < -0.4 is 15.5 Å². The van der Waals surface area contributed by atoms with E-state index in [-0.39, 0.29) is 30.7 Å². The number of benzene rings is 1. The summed E-state index contributed by atoms with van der Waals surface area (Å²) in [6, 6.07) is 9.12. The van der Waals surface area contributed by atoms with Gasteiger partial charge in [-0.2, -0.15) is 0 Å². The van der Waals surface area contributed by atoms with Gasteiger partial charge in [-0.3, -0.25) is 14.6 Å². The van der Waals surface area contributed by atoms with Crippen LogP contribution in [0, 0.1) is 0 Å². The van der Waals surface area contributed by atoms with Crippen molar-refractivity contribution in [1.29, 1.82) is 0 Å². The quantitative estimate of drug-likeness (QED) is 0.693. The number of carbonyl (C=O) groups excluding carboxylic acids is 2. The molecule has 2 atom stereocenters. The zero-order valence-corrected chi connectivity index (χ0v) is 17.2. The Bertz CT molecular complexity index is 914. The van der Waals surface area contributed by atoms with Gasteiger partial charge in [0, 0.05) is 32.4 Å². The monoisotopic (exact) mass is 435 g/mol. The van der Waals surface area contributed by atoms with Crippen molar-refractivity contribution in [2.75, 3.05) is 55.3 Å². The molecule has 2 aliphatic heterocycles. The Morgan fingerprint density at radius 3 is 2.73 bits per heavy atom. The third-order valence-corrected chi connectivity index (χ3v) is 5.92. The average molecular weight is 435 g/mol. The molecule has 0 spiro atoms. The maximum absolute atomic E-state index is 14.6. The summed E-state index contributed by atoms with van der Waals surface area (Å²) in [7, 11) is 1.59. The Labute approximate surface area is 176 Å². The first kappa shape index (κ1) is 20.3. The lowest BCUT2D eigenvalue weighted by atomic mass is 10.3. The van der Waals surface area contributed by atoms with E-state index >= 15 is 0 Å². The SMILES string of the molecule is CN(C(=O)CN1CCN(c2nnc(N)s2)C(F)C1)C1CN(c2ccccc2)C(=O)O1. The molecular weight excluding hydrogens is 413 g/mol. The van der Waals surface area contributed by atoms with Crippen LogP contribution in [0.25, 0.3) is 0 Å². The summed E-state index contributed by atoms with van der Waals surface area (Å²) in [6.45, 7) is 1.18. The van der Waals surface area contributed by atoms with Crippen molar-refractivity contribution >= 4 is 39.3 Å². The highest BCUT2D eigenvalue weighted by molar-refractivity contribution is 7.18. The van der Waals surface area contributed by atoms with Gasteiger partial charge in [0.1, 0.15) is 0 Å². The molecule has 2 aromatic rings. The number of hydrogen-bond acceptors (Lipinski definition) is 9. The third-order valence-electron chi connectivity index (χ3n) is 5.13. The number of para-hydroxylation sites is 1. The zero-order valence-electron chi connectivity index (χ0n) is 16.3. The van der Waals surface area contributed by atoms with Gasteiger partial charge in [0.05, 0.1) is 13.1 Å². The highest BCUT2D eigenvalue weighted by Crippen LogP contribution is 2.26. The largest absolute Gasteiger partial charge is 0.423 e. The highest BCUT2D eigenvalue weighted by Gasteiger charge is 2.37. The number of hydrogen-bond donors (Lipinski definition) is 1. The van der Waals surface area contributed by atoms with E-state index in [4.69, 9.17) is 10.5 Å². The fourth-order valence-electron chi connectivity index (χ4n) is 3.43. The van der Waals surface area contributed by atoms with Crippen molar-refractivity contribution in [2.24, 2.45) is 0 Å². The number of halogens is 1. The molecule has 3 heterocycles. The minimum absolute atomic E-state index is 0.0302. The molecule has 0 aliphatic carbocycles. The minimum atomic E-state index is -1.32. The number of ether oxygens (including phenoxy) is 1. The minimum Gasteiger partial charge on any atom is -0.423 e. The second-order valence-electron chi connectivity index (χ2n) is 7.08. The van der Waals surface area contributed by atoms with Crippen molar-refractivity contribution in [1.82, 2.24) is 20.0 Å². The predicted molar refractivity (Wildman–Crippen MR) is 110 cm³/mol. The number of carbonyl (C=O) groups is 2. The number of nitrogens with two attached hydrogens (primary N) is 1. The average Bonchev–Trinajstić information content (AvgIpc) is 3.34. The maximum atomic E-state index is 14.6. The number of nitrogens with zero attached hydrogens (tertiary/aromatic N) is 6. The van der Waals surface area contributed by atoms with Gasteiger partial charge < -0.3 is 20.3 Å². The van der Waals surface area contributed by atoms with Gasteiger partial charge in [-0.15, -0.1) is 10.2 Å². The lowest BCUT2D eigenvalue weighted by Crippen LogP contribution is -2.54. The fraction of sp³-hybridized carbons (Fsp3) is 0.444. The van der Waals surface area contributed by atoms with Crippen LogP contribution in [-0.4, -0.2) is 84.3 Å². The summed E-state index contributed by atoms with van der Waals surface area (Å²) in [6.07, 6.45) is -2.52. The normalized spacial score (nSPS) is 22.3. The van der Waals surface area contributed by atoms with Crippen molar-refractivity contribution in [3.05, 3.63) is 30.3 Å². The van der Waals surface area contributed by atoms with Crippen molar-refractivity contribution in [3.8, 4) is 0 Å². The van der Waals surface area contributed by atoms with Gasteiger partial charge in [0.15, 0.2) is 12.5 Å². The second kappa shape index (κ2) is 8.40. The van der Waals surface area contributed by atoms with E-state index < -0.39 is 18.6 Å². The van der Waals surface area contributed by atoms with Crippen LogP contribution in [0.1, 0.15) is 0 Å². The predicted octanol–water partition coefficient (Wildman–Crippen LogP) is 0.979. The standard InChI is InChI=1S/C18H22FN7O3S/c1-23(15-11-26(18(28)29-15)12-5-3-2-4-6-12)14(27)10-24-7-8-25(13(19)9-24)17-22-21-16(20)30-17/h2-6,13,15H,7-11H2,1H3,(H2,20,21). The summed E-state index contributed by atoms with van der Waals surface area (Å²) in [5.74, 6) is -0.247. The topological polar surface area (TPSA) is 108 Å². The van der Waals surface area contributed by atoms with E-state index in [1.807, 2.05) is 18.2 Å². The van der Waals surface area contributed by atoms with E-state index in [1.54, 1.807) is 24.1 Å². The highest BCUT2D eigenvalue weighted by atomic mass is 32.1. The number of likely N-dealkylation sites (N-methyl/N-ethyl adjacent to an activating group) is 1. The number of anilines is 3. The van der Waals surface area contributed by atoms with E-state index in [9.17, 15) is 14.0 Å². The van der Waals surface area contributed by atoms with Gasteiger partial charge in [0.25, 0.3) is 0 Å². The summed E-state index contributed by atoms with van der Waals surface area (Å²) in [5, 5.41) is 8.31. The molecule has 0 saturated carbocycles. The molecule has 0 bridgehead atoms. The molecule has 160 valence electrons. The summed E-state index contributed by atoms with van der Waals surface area (Å²) >= 11 is 1.13. The molecule has 2 saturated heterocycles. The summed E-state index contributed by atoms with van der Waals surface area (Å²) in [5.41, 5.74) is 6.28. The van der Waals surface area contributed by atoms with E-state index in [0.717, 1.165) is 11.3 Å². The lowest BCUT2D eigenvalue weighted by Gasteiger charge is -2.37. The van der Waals surface area contributed by atoms with E-state index in [1.165, 1.54) is 14.7 Å². The van der Waals surface area contributed by atoms with Crippen LogP contribution in [-0.2, 0) is 9.53 Å². The molecule has 1 aromatic carbocycles. The first-order valence-corrected chi connectivity index (χ1v) is 10.2. The number of amides is 2. The molecule has 12 heteroatoms. The number of piperazine rings is 1. The van der Waals surface area contributed by atoms with E-state index in [0.29, 0.717) is 23.9 Å². The third kappa shape index (κ3) is 4.14. The van der Waals surface area contributed by atoms with Crippen LogP contribution in [0.5, 0.6) is 0 Å². The molecule has 2 aliphatic rings. The number of cyclic esters (lactones) is 1. The molecule has 0 radical (unpaired) electrons. The van der Waals surface area contributed by atoms with Gasteiger partial charge in [-0.05, 0) is 12.1 Å². The van der Waals surface area contributed by atoms with Crippen molar-refractivity contribution in [2.45, 2.75) is 12.5 Å². The van der Waals surface area contributed by atoms with Gasteiger partial charge in [-0.25, -0.2) is 9.18 Å². The molecule has 2 unspecified atom stereocenters. The Hall–Kier alpha value is -2.99. The Balaban J connectivity index is 1.31. The van der Waals surface area contributed by atoms with Gasteiger partial charge in [0.2, 0.25) is 16.2 Å². The molecule has 30 heavy (non-hydrogen) atoms. The summed E-state index contributed by atoms with van der Waals surface area (Å²) < 4.78 is 20.0. The van der Waals surface area contributed by atoms with E-state index in [2.05, 4.69) is 10.2 Å². The lowest BCUT2D eigenvalue weighted by molar-refractivity contribution is -0.138. The van der Waals surface area contributed by atoms with Crippen molar-refractivity contribution < 1.29 is 18.7 Å².